The van der Waals surface area contributed by atoms with E-state index in [0.717, 1.165) is 6.07 Å². The number of amides is 1. The van der Waals surface area contributed by atoms with Crippen molar-refractivity contribution in [1.82, 2.24) is 0 Å². The van der Waals surface area contributed by atoms with Gasteiger partial charge in [0.05, 0.1) is 11.1 Å². The van der Waals surface area contributed by atoms with Crippen molar-refractivity contribution in [3.8, 4) is 6.07 Å². The molecule has 0 aliphatic rings. The first-order valence-electron chi connectivity index (χ1n) is 4.86. The predicted molar refractivity (Wildman–Crippen MR) is 61.5 cm³/mol. The van der Waals surface area contributed by atoms with E-state index in [4.69, 9.17) is 9.68 Å². The van der Waals surface area contributed by atoms with Crippen molar-refractivity contribution in [3.63, 3.8) is 0 Å². The van der Waals surface area contributed by atoms with Crippen molar-refractivity contribution >= 4 is 22.6 Å². The highest BCUT2D eigenvalue weighted by Gasteiger charge is 2.09. The van der Waals surface area contributed by atoms with Crippen LogP contribution < -0.4 is 10.7 Å². The highest BCUT2D eigenvalue weighted by molar-refractivity contribution is 5.98. The van der Waals surface area contributed by atoms with Crippen molar-refractivity contribution in [2.24, 2.45) is 0 Å². The number of nitrogens with zero attached hydrogens (tertiary/aromatic N) is 1. The number of nitrogens with one attached hydrogen (secondary N) is 1. The molecule has 0 radical (unpaired) electrons. The maximum Gasteiger partial charge on any atom is 0.221 e. The Morgan fingerprint density at radius 1 is 1.47 bits per heavy atom. The number of fused-ring (bicyclic) bond motifs is 1. The van der Waals surface area contributed by atoms with E-state index < -0.39 is 0 Å². The largest absolute Gasteiger partial charge is 0.443 e. The lowest BCUT2D eigenvalue weighted by Gasteiger charge is -2.05. The summed E-state index contributed by atoms with van der Waals surface area (Å²) in [6, 6.07) is 7.70. The third-order valence-electron chi connectivity index (χ3n) is 2.18. The summed E-state index contributed by atoms with van der Waals surface area (Å²) in [5, 5.41) is 11.6. The predicted octanol–water partition coefficient (Wildman–Crippen LogP) is 1.62. The number of hydrogen-bond acceptors (Lipinski definition) is 4. The van der Waals surface area contributed by atoms with Crippen LogP contribution in [0.25, 0.3) is 11.0 Å². The summed E-state index contributed by atoms with van der Waals surface area (Å²) in [4.78, 5) is 22.7. The zero-order chi connectivity index (χ0) is 12.4. The molecule has 1 N–H and O–H groups in total. The van der Waals surface area contributed by atoms with E-state index in [0.29, 0.717) is 11.1 Å². The Hall–Kier alpha value is -2.61. The van der Waals surface area contributed by atoms with Crippen LogP contribution in [0.1, 0.15) is 12.7 Å². The molecular formula is C12H8N2O3. The molecule has 5 nitrogen and oxygen atoms in total. The maximum absolute atomic E-state index is 11.7. The summed E-state index contributed by atoms with van der Waals surface area (Å²) in [6.45, 7) is 1.35. The van der Waals surface area contributed by atoms with Gasteiger partial charge in [-0.3, -0.25) is 9.59 Å². The van der Waals surface area contributed by atoms with Crippen LogP contribution in [-0.2, 0) is 4.79 Å². The van der Waals surface area contributed by atoms with Gasteiger partial charge in [-0.05, 0) is 12.1 Å². The van der Waals surface area contributed by atoms with Gasteiger partial charge in [0.1, 0.15) is 6.07 Å². The molecule has 0 aliphatic heterocycles. The second-order valence-electron chi connectivity index (χ2n) is 3.45. The molecule has 1 heterocycles. The van der Waals surface area contributed by atoms with Crippen molar-refractivity contribution in [2.45, 2.75) is 6.92 Å². The molecule has 0 unspecified atom stereocenters. The summed E-state index contributed by atoms with van der Waals surface area (Å²) in [7, 11) is 0. The summed E-state index contributed by atoms with van der Waals surface area (Å²) in [5.74, 6) is -0.359. The van der Waals surface area contributed by atoms with Gasteiger partial charge in [-0.1, -0.05) is 6.07 Å². The standard InChI is InChI=1S/C12H8N2O3/c1-7(15)14-10-4-2-3-9-11(16)5-8(6-13)17-12(9)10/h2-5H,1H3,(H,14,15). The van der Waals surface area contributed by atoms with E-state index in [1.165, 1.54) is 6.92 Å². The second-order valence-corrected chi connectivity index (χ2v) is 3.45. The van der Waals surface area contributed by atoms with E-state index in [2.05, 4.69) is 5.32 Å². The first-order valence-corrected chi connectivity index (χ1v) is 4.86. The molecular weight excluding hydrogens is 220 g/mol. The maximum atomic E-state index is 11.7. The van der Waals surface area contributed by atoms with Gasteiger partial charge in [0.15, 0.2) is 11.0 Å². The Kier molecular flexibility index (Phi) is 2.63. The Labute approximate surface area is 96.3 Å². The lowest BCUT2D eigenvalue weighted by molar-refractivity contribution is -0.114. The average molecular weight is 228 g/mol. The summed E-state index contributed by atoms with van der Waals surface area (Å²) in [6.07, 6.45) is 0. The van der Waals surface area contributed by atoms with E-state index in [1.54, 1.807) is 24.3 Å². The lowest BCUT2D eigenvalue weighted by Crippen LogP contribution is -2.08. The van der Waals surface area contributed by atoms with Crippen LogP contribution >= 0.6 is 0 Å². The first kappa shape index (κ1) is 10.9. The van der Waals surface area contributed by atoms with Crippen molar-refractivity contribution in [1.29, 1.82) is 5.26 Å². The highest BCUT2D eigenvalue weighted by Crippen LogP contribution is 2.21. The van der Waals surface area contributed by atoms with Crippen LogP contribution in [0.2, 0.25) is 0 Å². The van der Waals surface area contributed by atoms with Gasteiger partial charge in [0.2, 0.25) is 11.7 Å². The van der Waals surface area contributed by atoms with Crippen molar-refractivity contribution in [3.05, 3.63) is 40.2 Å². The normalized spacial score (nSPS) is 9.88. The van der Waals surface area contributed by atoms with Crippen molar-refractivity contribution in [2.75, 3.05) is 5.32 Å². The fourth-order valence-electron chi connectivity index (χ4n) is 1.52. The molecule has 2 rings (SSSR count). The number of carbonyl (C=O) groups is 1. The van der Waals surface area contributed by atoms with Gasteiger partial charge in [-0.25, -0.2) is 0 Å². The topological polar surface area (TPSA) is 83.1 Å². The average Bonchev–Trinajstić information content (AvgIpc) is 2.29. The molecule has 84 valence electrons. The van der Waals surface area contributed by atoms with E-state index in [9.17, 15) is 9.59 Å². The van der Waals surface area contributed by atoms with Crippen LogP contribution in [0.3, 0.4) is 0 Å². The van der Waals surface area contributed by atoms with E-state index in [1.807, 2.05) is 0 Å². The molecule has 1 aromatic carbocycles. The van der Waals surface area contributed by atoms with E-state index >= 15 is 0 Å². The molecule has 0 atom stereocenters. The Morgan fingerprint density at radius 3 is 2.88 bits per heavy atom. The number of para-hydroxylation sites is 1. The third-order valence-corrected chi connectivity index (χ3v) is 2.18. The van der Waals surface area contributed by atoms with E-state index in [-0.39, 0.29) is 22.7 Å². The Bertz CT molecular complexity index is 695. The van der Waals surface area contributed by atoms with Gasteiger partial charge < -0.3 is 9.73 Å². The SMILES string of the molecule is CC(=O)Nc1cccc2c(=O)cc(C#N)oc12. The van der Waals surface area contributed by atoms with Crippen LogP contribution in [0.15, 0.2) is 33.5 Å². The molecule has 0 bridgehead atoms. The molecule has 0 saturated carbocycles. The minimum atomic E-state index is -0.310. The minimum Gasteiger partial charge on any atom is -0.443 e. The number of nitriles is 1. The molecule has 2 aromatic rings. The van der Waals surface area contributed by atoms with Gasteiger partial charge in [-0.15, -0.1) is 0 Å². The Balaban J connectivity index is 2.79. The van der Waals surface area contributed by atoms with Crippen LogP contribution in [0.4, 0.5) is 5.69 Å². The number of benzene rings is 1. The van der Waals surface area contributed by atoms with Crippen LogP contribution in [0, 0.1) is 11.3 Å². The molecule has 0 spiro atoms. The second kappa shape index (κ2) is 4.10. The van der Waals surface area contributed by atoms with Gasteiger partial charge >= 0.3 is 0 Å². The quantitative estimate of drug-likeness (QED) is 0.803. The zero-order valence-electron chi connectivity index (χ0n) is 8.98. The number of hydrogen-bond donors (Lipinski definition) is 1. The summed E-state index contributed by atoms with van der Waals surface area (Å²) in [5.41, 5.74) is 0.283. The minimum absolute atomic E-state index is 0.0831. The molecule has 1 amide bonds. The monoisotopic (exact) mass is 228 g/mol. The van der Waals surface area contributed by atoms with Gasteiger partial charge in [-0.2, -0.15) is 5.26 Å². The third kappa shape index (κ3) is 2.01. The summed E-state index contributed by atoms with van der Waals surface area (Å²) >= 11 is 0. The van der Waals surface area contributed by atoms with Crippen LogP contribution in [-0.4, -0.2) is 5.91 Å². The van der Waals surface area contributed by atoms with Gasteiger partial charge in [0, 0.05) is 13.0 Å². The van der Waals surface area contributed by atoms with Crippen LogP contribution in [0.5, 0.6) is 0 Å². The summed E-state index contributed by atoms with van der Waals surface area (Å²) < 4.78 is 5.25. The van der Waals surface area contributed by atoms with Crippen molar-refractivity contribution < 1.29 is 9.21 Å². The molecule has 1 aromatic heterocycles. The molecule has 0 saturated heterocycles. The first-order chi connectivity index (χ1) is 8.11. The zero-order valence-corrected chi connectivity index (χ0v) is 8.98. The fourth-order valence-corrected chi connectivity index (χ4v) is 1.52. The molecule has 0 aliphatic carbocycles. The molecule has 0 fully saturated rings. The Morgan fingerprint density at radius 2 is 2.24 bits per heavy atom. The lowest BCUT2D eigenvalue weighted by atomic mass is 10.2. The van der Waals surface area contributed by atoms with Gasteiger partial charge in [0.25, 0.3) is 0 Å². The number of rotatable bonds is 1. The molecule has 17 heavy (non-hydrogen) atoms. The molecule has 5 heteroatoms. The number of anilines is 1. The number of carbonyl (C=O) groups excluding carboxylic acids is 1. The fraction of sp³-hybridized carbons (Fsp3) is 0.0833. The smallest absolute Gasteiger partial charge is 0.221 e. The highest BCUT2D eigenvalue weighted by atomic mass is 16.3.